The maximum absolute atomic E-state index is 9.48. The van der Waals surface area contributed by atoms with Crippen molar-refractivity contribution >= 4 is 5.82 Å². The van der Waals surface area contributed by atoms with Crippen LogP contribution < -0.4 is 4.90 Å². The van der Waals surface area contributed by atoms with Crippen molar-refractivity contribution in [3.8, 4) is 0 Å². The molecule has 0 radical (unpaired) electrons. The predicted octanol–water partition coefficient (Wildman–Crippen LogP) is -0.614. The average molecular weight is 168 g/mol. The Morgan fingerprint density at radius 1 is 1.58 bits per heavy atom. The first kappa shape index (κ1) is 7.54. The fraction of sp³-hybridized carbons (Fsp3) is 0.714. The molecule has 66 valence electrons. The summed E-state index contributed by atoms with van der Waals surface area (Å²) in [4.78, 5) is 2.04. The number of β-amino-alcohol motifs (C(OH)–C–C–N with tert-alkyl or cyclic N) is 1. The Morgan fingerprint density at radius 3 is 2.67 bits per heavy atom. The fourth-order valence-corrected chi connectivity index (χ4v) is 1.51. The lowest BCUT2D eigenvalue weighted by Crippen LogP contribution is -2.60. The van der Waals surface area contributed by atoms with Gasteiger partial charge in [0, 0.05) is 20.1 Å². The first-order chi connectivity index (χ1) is 5.58. The Bertz CT molecular complexity index is 285. The van der Waals surface area contributed by atoms with Crippen LogP contribution >= 0.6 is 0 Å². The van der Waals surface area contributed by atoms with E-state index in [1.165, 1.54) is 0 Å². The second-order valence-corrected chi connectivity index (χ2v) is 3.57. The van der Waals surface area contributed by atoms with E-state index in [1.807, 2.05) is 18.9 Å². The van der Waals surface area contributed by atoms with Crippen LogP contribution in [0.3, 0.4) is 0 Å². The van der Waals surface area contributed by atoms with Gasteiger partial charge in [-0.1, -0.05) is 5.21 Å². The molecular formula is C7H12N4O. The molecule has 0 amide bonds. The van der Waals surface area contributed by atoms with Crippen LogP contribution in [0.2, 0.25) is 0 Å². The topological polar surface area (TPSA) is 54.2 Å². The van der Waals surface area contributed by atoms with Gasteiger partial charge in [0.15, 0.2) is 0 Å². The van der Waals surface area contributed by atoms with Crippen molar-refractivity contribution < 1.29 is 5.11 Å². The number of aryl methyl sites for hydroxylation is 1. The number of rotatable bonds is 1. The Morgan fingerprint density at radius 2 is 2.25 bits per heavy atom. The highest BCUT2D eigenvalue weighted by Crippen LogP contribution is 2.25. The van der Waals surface area contributed by atoms with Crippen LogP contribution in [0.15, 0.2) is 6.20 Å². The van der Waals surface area contributed by atoms with Crippen LogP contribution in [0.1, 0.15) is 6.92 Å². The first-order valence-corrected chi connectivity index (χ1v) is 3.90. The zero-order valence-electron chi connectivity index (χ0n) is 7.23. The van der Waals surface area contributed by atoms with Crippen LogP contribution in [0, 0.1) is 0 Å². The van der Waals surface area contributed by atoms with Gasteiger partial charge in [-0.15, -0.1) is 5.10 Å². The van der Waals surface area contributed by atoms with Gasteiger partial charge in [0.1, 0.15) is 5.82 Å². The summed E-state index contributed by atoms with van der Waals surface area (Å²) in [7, 11) is 1.84. The molecule has 2 heterocycles. The summed E-state index contributed by atoms with van der Waals surface area (Å²) in [6, 6.07) is 0. The van der Waals surface area contributed by atoms with Crippen molar-refractivity contribution in [3.63, 3.8) is 0 Å². The second-order valence-electron chi connectivity index (χ2n) is 3.57. The van der Waals surface area contributed by atoms with E-state index in [0.717, 1.165) is 5.82 Å². The number of aliphatic hydroxyl groups is 1. The molecule has 1 saturated heterocycles. The molecule has 1 fully saturated rings. The molecule has 0 unspecified atom stereocenters. The third-order valence-corrected chi connectivity index (χ3v) is 2.08. The number of hydrogen-bond acceptors (Lipinski definition) is 4. The van der Waals surface area contributed by atoms with Gasteiger partial charge in [-0.2, -0.15) is 0 Å². The van der Waals surface area contributed by atoms with E-state index in [2.05, 4.69) is 10.3 Å². The van der Waals surface area contributed by atoms with Gasteiger partial charge in [-0.25, -0.2) is 4.68 Å². The minimum atomic E-state index is -0.537. The largest absolute Gasteiger partial charge is 0.386 e. The quantitative estimate of drug-likeness (QED) is 0.607. The molecule has 0 spiro atoms. The van der Waals surface area contributed by atoms with Crippen LogP contribution in [-0.4, -0.2) is 38.8 Å². The smallest absolute Gasteiger partial charge is 0.147 e. The normalized spacial score (nSPS) is 20.8. The fourth-order valence-electron chi connectivity index (χ4n) is 1.51. The number of nitrogens with zero attached hydrogens (tertiary/aromatic N) is 4. The molecule has 0 aromatic carbocycles. The lowest BCUT2D eigenvalue weighted by atomic mass is 9.97. The van der Waals surface area contributed by atoms with Crippen LogP contribution in [0.25, 0.3) is 0 Å². The molecule has 1 aromatic rings. The van der Waals surface area contributed by atoms with Crippen molar-refractivity contribution in [1.82, 2.24) is 15.0 Å². The summed E-state index contributed by atoms with van der Waals surface area (Å²) in [6.07, 6.45) is 1.70. The summed E-state index contributed by atoms with van der Waals surface area (Å²) in [5, 5.41) is 17.1. The van der Waals surface area contributed by atoms with Gasteiger partial charge in [-0.3, -0.25) is 0 Å². The second kappa shape index (κ2) is 2.20. The number of hydrogen-bond donors (Lipinski definition) is 1. The number of aromatic nitrogens is 3. The Labute approximate surface area is 70.6 Å². The standard InChI is InChI=1S/C7H12N4O/c1-7(12)4-11(5-7)6-3-8-9-10(6)2/h3,12H,4-5H2,1-2H3. The monoisotopic (exact) mass is 168 g/mol. The van der Waals surface area contributed by atoms with E-state index in [9.17, 15) is 5.11 Å². The van der Waals surface area contributed by atoms with Crippen molar-refractivity contribution in [2.75, 3.05) is 18.0 Å². The summed E-state index contributed by atoms with van der Waals surface area (Å²) >= 11 is 0. The van der Waals surface area contributed by atoms with E-state index in [4.69, 9.17) is 0 Å². The molecule has 1 N–H and O–H groups in total. The first-order valence-electron chi connectivity index (χ1n) is 3.90. The van der Waals surface area contributed by atoms with Crippen LogP contribution in [-0.2, 0) is 7.05 Å². The molecule has 0 atom stereocenters. The SMILES string of the molecule is Cn1nncc1N1CC(C)(O)C1. The zero-order chi connectivity index (χ0) is 8.77. The maximum Gasteiger partial charge on any atom is 0.147 e. The van der Waals surface area contributed by atoms with Crippen molar-refractivity contribution in [1.29, 1.82) is 0 Å². The van der Waals surface area contributed by atoms with E-state index in [-0.39, 0.29) is 0 Å². The molecule has 0 saturated carbocycles. The molecule has 5 heteroatoms. The van der Waals surface area contributed by atoms with Crippen molar-refractivity contribution in [2.45, 2.75) is 12.5 Å². The van der Waals surface area contributed by atoms with Crippen LogP contribution in [0.4, 0.5) is 5.82 Å². The molecule has 12 heavy (non-hydrogen) atoms. The average Bonchev–Trinajstić information content (AvgIpc) is 2.30. The van der Waals surface area contributed by atoms with Gasteiger partial charge in [0.25, 0.3) is 0 Å². The molecular weight excluding hydrogens is 156 g/mol. The Hall–Kier alpha value is -1.10. The molecule has 0 bridgehead atoms. The highest BCUT2D eigenvalue weighted by Gasteiger charge is 2.37. The molecule has 1 aromatic heterocycles. The van der Waals surface area contributed by atoms with Gasteiger partial charge in [0.05, 0.1) is 11.8 Å². The molecule has 1 aliphatic heterocycles. The summed E-state index contributed by atoms with van der Waals surface area (Å²) in [6.45, 7) is 3.15. The van der Waals surface area contributed by atoms with Crippen molar-refractivity contribution in [3.05, 3.63) is 6.20 Å². The predicted molar refractivity (Wildman–Crippen MR) is 43.8 cm³/mol. The Kier molecular flexibility index (Phi) is 1.38. The van der Waals surface area contributed by atoms with Crippen molar-refractivity contribution in [2.24, 2.45) is 7.05 Å². The van der Waals surface area contributed by atoms with Gasteiger partial charge in [0.2, 0.25) is 0 Å². The maximum atomic E-state index is 9.48. The van der Waals surface area contributed by atoms with E-state index < -0.39 is 5.60 Å². The third-order valence-electron chi connectivity index (χ3n) is 2.08. The minimum Gasteiger partial charge on any atom is -0.386 e. The lowest BCUT2D eigenvalue weighted by molar-refractivity contribution is 0.0301. The summed E-state index contributed by atoms with van der Waals surface area (Å²) in [5.41, 5.74) is -0.537. The van der Waals surface area contributed by atoms with Gasteiger partial charge < -0.3 is 10.0 Å². The van der Waals surface area contributed by atoms with E-state index in [1.54, 1.807) is 10.9 Å². The lowest BCUT2D eigenvalue weighted by Gasteiger charge is -2.44. The summed E-state index contributed by atoms with van der Waals surface area (Å²) in [5.74, 6) is 0.960. The highest BCUT2D eigenvalue weighted by molar-refractivity contribution is 5.41. The molecule has 5 nitrogen and oxygen atoms in total. The van der Waals surface area contributed by atoms with Crippen LogP contribution in [0.5, 0.6) is 0 Å². The third kappa shape index (κ3) is 1.06. The Balaban J connectivity index is 2.11. The van der Waals surface area contributed by atoms with E-state index in [0.29, 0.717) is 13.1 Å². The van der Waals surface area contributed by atoms with Gasteiger partial charge >= 0.3 is 0 Å². The summed E-state index contributed by atoms with van der Waals surface area (Å²) < 4.78 is 1.70. The highest BCUT2D eigenvalue weighted by atomic mass is 16.3. The molecule has 1 aliphatic rings. The number of anilines is 1. The van der Waals surface area contributed by atoms with Gasteiger partial charge in [-0.05, 0) is 6.92 Å². The molecule has 0 aliphatic carbocycles. The minimum absolute atomic E-state index is 0.537. The van der Waals surface area contributed by atoms with E-state index >= 15 is 0 Å². The zero-order valence-corrected chi connectivity index (χ0v) is 7.23. The molecule has 2 rings (SSSR count).